The third kappa shape index (κ3) is 6.32. The van der Waals surface area contributed by atoms with Crippen molar-refractivity contribution in [1.82, 2.24) is 9.55 Å². The third-order valence-corrected chi connectivity index (χ3v) is 11.4. The number of ether oxygens (including phenoxy) is 3. The maximum Gasteiger partial charge on any atom is 0.268 e. The van der Waals surface area contributed by atoms with E-state index in [4.69, 9.17) is 14.2 Å². The monoisotopic (exact) mass is 976 g/mol. The first-order chi connectivity index (χ1) is 30.2. The molecule has 0 fully saturated rings. The average molecular weight is 977 g/mol. The maximum absolute atomic E-state index is 7.13. The van der Waals surface area contributed by atoms with Crippen molar-refractivity contribution < 1.29 is 39.8 Å². The summed E-state index contributed by atoms with van der Waals surface area (Å²) >= 11 is 0. The van der Waals surface area contributed by atoms with Gasteiger partial charge >= 0.3 is 0 Å². The van der Waals surface area contributed by atoms with Crippen molar-refractivity contribution in [3.63, 3.8) is 0 Å². The molecule has 2 aliphatic heterocycles. The molecule has 0 unspecified atom stereocenters. The molecule has 8 heteroatoms. The predicted octanol–water partition coefficient (Wildman–Crippen LogP) is 10.2. The number of pyridine rings is 1. The van der Waals surface area contributed by atoms with Gasteiger partial charge in [-0.25, -0.2) is 0 Å². The minimum atomic E-state index is -0.111. The zero-order valence-electron chi connectivity index (χ0n) is 32.9. The molecule has 296 valence electrons. The standard InChI is InChI=1S/C54H32BN3O3.Pt/c1-3-16-36(17-4-1)42-24-15-25-43(37-18-5-2-6-19-37)52(42)58-35-57(39-21-14-23-41(33-39)59-40-22-13-20-38(32-40)46-28-11-12-31-56-46)47-34-50-51-54(53(47)58)61-49-30-10-8-27-45(49)55(51)44-26-7-9-29-48(44)60-50;/h1-31,34H;/q-2;. The van der Waals surface area contributed by atoms with E-state index in [1.165, 1.54) is 0 Å². The summed E-state index contributed by atoms with van der Waals surface area (Å²) in [5, 5.41) is 0. The van der Waals surface area contributed by atoms with Crippen LogP contribution in [0.1, 0.15) is 0 Å². The summed E-state index contributed by atoms with van der Waals surface area (Å²) in [6.45, 7) is -0.111. The number of rotatable bonds is 7. The topological polar surface area (TPSA) is 49.4 Å². The van der Waals surface area contributed by atoms with E-state index in [2.05, 4.69) is 131 Å². The molecule has 0 atom stereocenters. The van der Waals surface area contributed by atoms with Crippen LogP contribution in [0.2, 0.25) is 0 Å². The Bertz CT molecular complexity index is 3230. The molecule has 8 aromatic carbocycles. The van der Waals surface area contributed by atoms with Crippen LogP contribution in [0.15, 0.2) is 194 Å². The quantitative estimate of drug-likeness (QED) is 0.0907. The van der Waals surface area contributed by atoms with E-state index in [1.807, 2.05) is 89.5 Å². The van der Waals surface area contributed by atoms with E-state index in [0.29, 0.717) is 11.5 Å². The Labute approximate surface area is 373 Å². The molecular weight excluding hydrogens is 945 g/mol. The molecule has 0 bridgehead atoms. The van der Waals surface area contributed by atoms with Crippen LogP contribution < -0.4 is 35.2 Å². The summed E-state index contributed by atoms with van der Waals surface area (Å²) in [7, 11) is 0. The molecular formula is C54H32BN3O3Pt-2. The Balaban J connectivity index is 0.00000432. The summed E-state index contributed by atoms with van der Waals surface area (Å²) in [6, 6.07) is 70.8. The first-order valence-electron chi connectivity index (χ1n) is 20.2. The second kappa shape index (κ2) is 15.5. The number of aromatic nitrogens is 3. The van der Waals surface area contributed by atoms with Crippen molar-refractivity contribution in [3.05, 3.63) is 213 Å². The third-order valence-electron chi connectivity index (χ3n) is 11.4. The summed E-state index contributed by atoms with van der Waals surface area (Å²) in [6.07, 6.45) is 5.62. The minimum absolute atomic E-state index is 0. The Hall–Kier alpha value is -7.47. The molecule has 0 spiro atoms. The van der Waals surface area contributed by atoms with E-state index in [9.17, 15) is 0 Å². The molecule has 0 aliphatic carbocycles. The van der Waals surface area contributed by atoms with Crippen molar-refractivity contribution in [1.29, 1.82) is 0 Å². The number of fused-ring (bicyclic) bond motifs is 6. The molecule has 62 heavy (non-hydrogen) atoms. The molecule has 10 aromatic rings. The smallest absolute Gasteiger partial charge is 0.268 e. The van der Waals surface area contributed by atoms with Gasteiger partial charge in [-0.05, 0) is 68.8 Å². The van der Waals surface area contributed by atoms with Gasteiger partial charge in [-0.2, -0.15) is 12.1 Å². The fourth-order valence-electron chi connectivity index (χ4n) is 8.76. The fraction of sp³-hybridized carbons (Fsp3) is 0. The van der Waals surface area contributed by atoms with Crippen molar-refractivity contribution in [3.8, 4) is 79.4 Å². The summed E-state index contributed by atoms with van der Waals surface area (Å²) in [5.74, 6) is 4.16. The normalized spacial score (nSPS) is 12.0. The van der Waals surface area contributed by atoms with Crippen LogP contribution in [-0.2, 0) is 21.1 Å². The van der Waals surface area contributed by atoms with Gasteiger partial charge in [0, 0.05) is 44.2 Å². The van der Waals surface area contributed by atoms with Gasteiger partial charge < -0.3 is 23.8 Å². The van der Waals surface area contributed by atoms with Crippen LogP contribution in [0.3, 0.4) is 0 Å². The van der Waals surface area contributed by atoms with Crippen molar-refractivity contribution in [2.45, 2.75) is 0 Å². The largest absolute Gasteiger partial charge is 0.503 e. The van der Waals surface area contributed by atoms with Gasteiger partial charge in [-0.3, -0.25) is 4.57 Å². The van der Waals surface area contributed by atoms with Crippen molar-refractivity contribution >= 4 is 34.1 Å². The first-order valence-corrected chi connectivity index (χ1v) is 20.2. The number of hydrogen-bond acceptors (Lipinski definition) is 4. The zero-order chi connectivity index (χ0) is 40.3. The van der Waals surface area contributed by atoms with Gasteiger partial charge in [-0.15, -0.1) is 35.9 Å². The van der Waals surface area contributed by atoms with Crippen LogP contribution in [0.25, 0.3) is 55.9 Å². The van der Waals surface area contributed by atoms with Crippen LogP contribution in [0.5, 0.6) is 34.5 Å². The van der Waals surface area contributed by atoms with Crippen molar-refractivity contribution in [2.75, 3.05) is 0 Å². The van der Waals surface area contributed by atoms with E-state index < -0.39 is 0 Å². The van der Waals surface area contributed by atoms with E-state index in [-0.39, 0.29) is 27.8 Å². The number of hydrogen-bond donors (Lipinski definition) is 0. The average Bonchev–Trinajstić information content (AvgIpc) is 3.71. The fourth-order valence-corrected chi connectivity index (χ4v) is 8.76. The number of para-hydroxylation sites is 3. The summed E-state index contributed by atoms with van der Waals surface area (Å²) in [4.78, 5) is 4.51. The van der Waals surface area contributed by atoms with Crippen LogP contribution in [-0.4, -0.2) is 16.3 Å². The molecule has 0 N–H and O–H groups in total. The molecule has 0 radical (unpaired) electrons. The Kier molecular flexibility index (Phi) is 9.40. The second-order valence-electron chi connectivity index (χ2n) is 15.0. The Morgan fingerprint density at radius 3 is 1.87 bits per heavy atom. The number of nitrogens with zero attached hydrogens (tertiary/aromatic N) is 3. The zero-order valence-corrected chi connectivity index (χ0v) is 35.2. The molecule has 0 saturated carbocycles. The number of imidazole rings is 1. The Morgan fingerprint density at radius 2 is 1.18 bits per heavy atom. The predicted molar refractivity (Wildman–Crippen MR) is 240 cm³/mol. The number of benzene rings is 8. The molecule has 6 nitrogen and oxygen atoms in total. The van der Waals surface area contributed by atoms with Crippen LogP contribution >= 0.6 is 0 Å². The molecule has 0 amide bonds. The van der Waals surface area contributed by atoms with Gasteiger partial charge in [0.05, 0.1) is 11.2 Å². The molecule has 2 aliphatic rings. The molecule has 2 aromatic heterocycles. The van der Waals surface area contributed by atoms with E-state index in [0.717, 1.165) is 95.3 Å². The SMILES string of the molecule is [Pt].[c-]1c(Oc2[c-]c(-[n+]3[c-]n(-c4c(-c5ccccc5)cccc4-c4ccccc4)c4c5c6c(cc43)Oc3ccccc3B6c3ccccc3O5)ccc2)cccc1-c1ccccn1. The minimum Gasteiger partial charge on any atom is -0.503 e. The van der Waals surface area contributed by atoms with Crippen LogP contribution in [0, 0.1) is 18.5 Å². The van der Waals surface area contributed by atoms with Gasteiger partial charge in [0.15, 0.2) is 0 Å². The van der Waals surface area contributed by atoms with E-state index in [1.54, 1.807) is 6.20 Å². The second-order valence-corrected chi connectivity index (χ2v) is 15.0. The maximum atomic E-state index is 7.13. The first kappa shape index (κ1) is 37.5. The van der Waals surface area contributed by atoms with Gasteiger partial charge in [0.25, 0.3) is 13.0 Å². The Morgan fingerprint density at radius 1 is 0.565 bits per heavy atom. The molecule has 4 heterocycles. The molecule has 0 saturated heterocycles. The summed E-state index contributed by atoms with van der Waals surface area (Å²) < 4.78 is 24.6. The summed E-state index contributed by atoms with van der Waals surface area (Å²) in [5.41, 5.74) is 12.4. The van der Waals surface area contributed by atoms with Gasteiger partial charge in [0.1, 0.15) is 28.5 Å². The van der Waals surface area contributed by atoms with Crippen molar-refractivity contribution in [2.24, 2.45) is 0 Å². The van der Waals surface area contributed by atoms with Gasteiger partial charge in [0.2, 0.25) is 0 Å². The van der Waals surface area contributed by atoms with Crippen LogP contribution in [0.4, 0.5) is 0 Å². The van der Waals surface area contributed by atoms with E-state index >= 15 is 0 Å². The molecule has 12 rings (SSSR count). The van der Waals surface area contributed by atoms with Gasteiger partial charge in [-0.1, -0.05) is 133 Å².